The standard InChI is InChI=1S/C13H21FN4/c1-3-15-13-16-8-11(14)12(17-13)18(2)9-10-6-4-5-7-10/h8,10H,3-7,9H2,1-2H3,(H,15,16,17). The lowest BCUT2D eigenvalue weighted by atomic mass is 10.1. The smallest absolute Gasteiger partial charge is 0.224 e. The van der Waals surface area contributed by atoms with Gasteiger partial charge in [0.25, 0.3) is 0 Å². The zero-order valence-electron chi connectivity index (χ0n) is 11.1. The largest absolute Gasteiger partial charge is 0.357 e. The van der Waals surface area contributed by atoms with Crippen LogP contribution >= 0.6 is 0 Å². The van der Waals surface area contributed by atoms with Crippen molar-refractivity contribution in [2.75, 3.05) is 30.4 Å². The van der Waals surface area contributed by atoms with Crippen molar-refractivity contribution in [2.45, 2.75) is 32.6 Å². The van der Waals surface area contributed by atoms with Gasteiger partial charge in [0.2, 0.25) is 5.95 Å². The van der Waals surface area contributed by atoms with E-state index in [2.05, 4.69) is 15.3 Å². The van der Waals surface area contributed by atoms with Crippen LogP contribution in [-0.2, 0) is 0 Å². The molecule has 1 saturated carbocycles. The summed E-state index contributed by atoms with van der Waals surface area (Å²) >= 11 is 0. The number of rotatable bonds is 5. The summed E-state index contributed by atoms with van der Waals surface area (Å²) in [7, 11) is 1.90. The molecule has 100 valence electrons. The van der Waals surface area contributed by atoms with Crippen molar-refractivity contribution >= 4 is 11.8 Å². The fourth-order valence-corrected chi connectivity index (χ4v) is 2.54. The molecule has 18 heavy (non-hydrogen) atoms. The summed E-state index contributed by atoms with van der Waals surface area (Å²) in [6.45, 7) is 3.57. The fraction of sp³-hybridized carbons (Fsp3) is 0.692. The Labute approximate surface area is 108 Å². The van der Waals surface area contributed by atoms with Crippen molar-refractivity contribution in [3.8, 4) is 0 Å². The van der Waals surface area contributed by atoms with Crippen LogP contribution in [0.5, 0.6) is 0 Å². The Kier molecular flexibility index (Phi) is 4.33. The zero-order chi connectivity index (χ0) is 13.0. The molecule has 0 bridgehead atoms. The van der Waals surface area contributed by atoms with Crippen molar-refractivity contribution in [2.24, 2.45) is 5.92 Å². The maximum absolute atomic E-state index is 13.7. The van der Waals surface area contributed by atoms with Gasteiger partial charge in [0.05, 0.1) is 6.20 Å². The van der Waals surface area contributed by atoms with Crippen LogP contribution in [0.4, 0.5) is 16.2 Å². The molecule has 1 heterocycles. The van der Waals surface area contributed by atoms with Gasteiger partial charge in [0.1, 0.15) is 0 Å². The fourth-order valence-electron chi connectivity index (χ4n) is 2.54. The van der Waals surface area contributed by atoms with E-state index in [1.54, 1.807) is 0 Å². The van der Waals surface area contributed by atoms with Gasteiger partial charge in [-0.1, -0.05) is 12.8 Å². The van der Waals surface area contributed by atoms with Crippen LogP contribution in [0.2, 0.25) is 0 Å². The predicted molar refractivity (Wildman–Crippen MR) is 71.4 cm³/mol. The monoisotopic (exact) mass is 252 g/mol. The van der Waals surface area contributed by atoms with Crippen LogP contribution < -0.4 is 10.2 Å². The number of anilines is 2. The van der Waals surface area contributed by atoms with Crippen molar-refractivity contribution in [3.63, 3.8) is 0 Å². The molecule has 1 N–H and O–H groups in total. The summed E-state index contributed by atoms with van der Waals surface area (Å²) in [6, 6.07) is 0. The lowest BCUT2D eigenvalue weighted by Crippen LogP contribution is -2.26. The van der Waals surface area contributed by atoms with Gasteiger partial charge in [-0.15, -0.1) is 0 Å². The molecule has 1 fully saturated rings. The van der Waals surface area contributed by atoms with Crippen molar-refractivity contribution in [3.05, 3.63) is 12.0 Å². The molecule has 0 aliphatic heterocycles. The molecule has 0 atom stereocenters. The molecular weight excluding hydrogens is 231 g/mol. The first-order valence-electron chi connectivity index (χ1n) is 6.68. The molecular formula is C13H21FN4. The van der Waals surface area contributed by atoms with Crippen LogP contribution in [0.1, 0.15) is 32.6 Å². The van der Waals surface area contributed by atoms with Crippen molar-refractivity contribution < 1.29 is 4.39 Å². The molecule has 2 rings (SSSR count). The molecule has 1 aromatic rings. The Hall–Kier alpha value is -1.39. The highest BCUT2D eigenvalue weighted by atomic mass is 19.1. The van der Waals surface area contributed by atoms with E-state index in [1.807, 2.05) is 18.9 Å². The Morgan fingerprint density at radius 1 is 1.44 bits per heavy atom. The molecule has 0 saturated heterocycles. The third-order valence-corrected chi connectivity index (χ3v) is 3.43. The maximum Gasteiger partial charge on any atom is 0.224 e. The number of hydrogen-bond acceptors (Lipinski definition) is 4. The molecule has 0 aromatic carbocycles. The van der Waals surface area contributed by atoms with E-state index in [0.29, 0.717) is 17.7 Å². The average molecular weight is 252 g/mol. The SMILES string of the molecule is CCNc1ncc(F)c(N(C)CC2CCCC2)n1. The van der Waals surface area contributed by atoms with Gasteiger partial charge < -0.3 is 10.2 Å². The van der Waals surface area contributed by atoms with Gasteiger partial charge in [0, 0.05) is 20.1 Å². The van der Waals surface area contributed by atoms with Crippen molar-refractivity contribution in [1.82, 2.24) is 9.97 Å². The number of nitrogens with one attached hydrogen (secondary N) is 1. The lowest BCUT2D eigenvalue weighted by molar-refractivity contribution is 0.534. The van der Waals surface area contributed by atoms with E-state index < -0.39 is 0 Å². The van der Waals surface area contributed by atoms with E-state index in [4.69, 9.17) is 0 Å². The molecule has 1 aliphatic carbocycles. The Balaban J connectivity index is 2.07. The quantitative estimate of drug-likeness (QED) is 0.874. The Morgan fingerprint density at radius 3 is 2.83 bits per heavy atom. The van der Waals surface area contributed by atoms with E-state index in [9.17, 15) is 4.39 Å². The summed E-state index contributed by atoms with van der Waals surface area (Å²) in [5.74, 6) is 1.21. The van der Waals surface area contributed by atoms with E-state index in [-0.39, 0.29) is 5.82 Å². The van der Waals surface area contributed by atoms with Gasteiger partial charge in [-0.3, -0.25) is 0 Å². The molecule has 5 heteroatoms. The molecule has 4 nitrogen and oxygen atoms in total. The number of nitrogens with zero attached hydrogens (tertiary/aromatic N) is 3. The highest BCUT2D eigenvalue weighted by molar-refractivity contribution is 5.43. The summed E-state index contributed by atoms with van der Waals surface area (Å²) in [4.78, 5) is 10.1. The van der Waals surface area contributed by atoms with Crippen LogP contribution in [-0.4, -0.2) is 30.1 Å². The first-order valence-corrected chi connectivity index (χ1v) is 6.68. The first kappa shape index (κ1) is 13.1. The average Bonchev–Trinajstić information content (AvgIpc) is 2.84. The molecule has 1 aliphatic rings. The maximum atomic E-state index is 13.7. The van der Waals surface area contributed by atoms with Gasteiger partial charge in [-0.05, 0) is 25.7 Å². The second-order valence-electron chi connectivity index (χ2n) is 4.93. The van der Waals surface area contributed by atoms with Gasteiger partial charge in [0.15, 0.2) is 11.6 Å². The minimum Gasteiger partial charge on any atom is -0.357 e. The van der Waals surface area contributed by atoms with Gasteiger partial charge in [-0.2, -0.15) is 4.98 Å². The Bertz CT molecular complexity index is 391. The second kappa shape index (κ2) is 5.98. The zero-order valence-corrected chi connectivity index (χ0v) is 11.1. The van der Waals surface area contributed by atoms with Gasteiger partial charge in [-0.25, -0.2) is 9.37 Å². The lowest BCUT2D eigenvalue weighted by Gasteiger charge is -2.22. The summed E-state index contributed by atoms with van der Waals surface area (Å²) in [6.07, 6.45) is 6.33. The molecule has 0 amide bonds. The van der Waals surface area contributed by atoms with Crippen LogP contribution in [0.15, 0.2) is 6.20 Å². The van der Waals surface area contributed by atoms with Crippen molar-refractivity contribution in [1.29, 1.82) is 0 Å². The van der Waals surface area contributed by atoms with E-state index in [1.165, 1.54) is 31.9 Å². The normalized spacial score (nSPS) is 15.9. The minimum atomic E-state index is -0.350. The van der Waals surface area contributed by atoms with E-state index >= 15 is 0 Å². The minimum absolute atomic E-state index is 0.350. The molecule has 0 spiro atoms. The summed E-state index contributed by atoms with van der Waals surface area (Å²) in [5.41, 5.74) is 0. The number of hydrogen-bond donors (Lipinski definition) is 1. The summed E-state index contributed by atoms with van der Waals surface area (Å²) < 4.78 is 13.7. The number of aromatic nitrogens is 2. The third kappa shape index (κ3) is 3.09. The highest BCUT2D eigenvalue weighted by Crippen LogP contribution is 2.27. The van der Waals surface area contributed by atoms with Crippen LogP contribution in [0.3, 0.4) is 0 Å². The second-order valence-corrected chi connectivity index (χ2v) is 4.93. The predicted octanol–water partition coefficient (Wildman–Crippen LogP) is 2.67. The first-order chi connectivity index (χ1) is 8.70. The van der Waals surface area contributed by atoms with Crippen LogP contribution in [0, 0.1) is 11.7 Å². The highest BCUT2D eigenvalue weighted by Gasteiger charge is 2.19. The van der Waals surface area contributed by atoms with Gasteiger partial charge >= 0.3 is 0 Å². The molecule has 0 radical (unpaired) electrons. The molecule has 1 aromatic heterocycles. The molecule has 0 unspecified atom stereocenters. The van der Waals surface area contributed by atoms with E-state index in [0.717, 1.165) is 13.1 Å². The Morgan fingerprint density at radius 2 is 2.17 bits per heavy atom. The summed E-state index contributed by atoms with van der Waals surface area (Å²) in [5, 5.41) is 3.01. The number of halogens is 1. The third-order valence-electron chi connectivity index (χ3n) is 3.43. The van der Waals surface area contributed by atoms with Crippen LogP contribution in [0.25, 0.3) is 0 Å². The topological polar surface area (TPSA) is 41.1 Å².